The fourth-order valence-corrected chi connectivity index (χ4v) is 5.85. The molecule has 1 amide bonds. The predicted molar refractivity (Wildman–Crippen MR) is 129 cm³/mol. The van der Waals surface area contributed by atoms with Crippen molar-refractivity contribution >= 4 is 27.5 Å². The second kappa shape index (κ2) is 10.1. The molecule has 1 saturated heterocycles. The maximum atomic E-state index is 12.8. The van der Waals surface area contributed by atoms with E-state index in [9.17, 15) is 13.2 Å². The summed E-state index contributed by atoms with van der Waals surface area (Å²) in [4.78, 5) is 16.9. The molecule has 1 aliphatic heterocycles. The van der Waals surface area contributed by atoms with E-state index in [0.29, 0.717) is 43.1 Å². The van der Waals surface area contributed by atoms with Crippen LogP contribution in [0, 0.1) is 12.8 Å². The maximum Gasteiger partial charge on any atom is 0.223 e. The lowest BCUT2D eigenvalue weighted by atomic mass is 9.97. The normalized spacial score (nSPS) is 15.5. The van der Waals surface area contributed by atoms with Crippen molar-refractivity contribution in [2.75, 3.05) is 13.1 Å². The Morgan fingerprint density at radius 2 is 1.85 bits per heavy atom. The molecule has 1 aliphatic rings. The van der Waals surface area contributed by atoms with Gasteiger partial charge < -0.3 is 9.88 Å². The van der Waals surface area contributed by atoms with Gasteiger partial charge in [0, 0.05) is 48.7 Å². The molecule has 0 saturated carbocycles. The van der Waals surface area contributed by atoms with Gasteiger partial charge in [0.1, 0.15) is 5.82 Å². The van der Waals surface area contributed by atoms with Gasteiger partial charge in [0.2, 0.25) is 15.9 Å². The molecule has 0 bridgehead atoms. The first-order valence-corrected chi connectivity index (χ1v) is 12.9. The van der Waals surface area contributed by atoms with Gasteiger partial charge in [-0.05, 0) is 55.2 Å². The number of amides is 1. The Balaban J connectivity index is 1.26. The first-order valence-electron chi connectivity index (χ1n) is 10.9. The van der Waals surface area contributed by atoms with Crippen LogP contribution in [-0.2, 0) is 27.1 Å². The molecule has 0 radical (unpaired) electrons. The van der Waals surface area contributed by atoms with Gasteiger partial charge in [-0.25, -0.2) is 17.7 Å². The standard InChI is InChI=1S/C24H27ClN4O3S/c1-18-26-11-14-29(18)23-7-5-19(6-8-23)16-27-24(30)21-9-12-28(13-10-21)33(31,32)17-20-3-2-4-22(25)15-20/h2-8,11,14-15,21H,9-10,12-13,16-17H2,1H3,(H,27,30). The zero-order chi connectivity index (χ0) is 23.4. The Morgan fingerprint density at radius 3 is 2.48 bits per heavy atom. The highest BCUT2D eigenvalue weighted by atomic mass is 35.5. The van der Waals surface area contributed by atoms with Gasteiger partial charge in [-0.15, -0.1) is 0 Å². The molecular formula is C24H27ClN4O3S. The van der Waals surface area contributed by atoms with Crippen molar-refractivity contribution in [2.24, 2.45) is 5.92 Å². The van der Waals surface area contributed by atoms with Crippen LogP contribution in [0.1, 0.15) is 29.8 Å². The van der Waals surface area contributed by atoms with Gasteiger partial charge >= 0.3 is 0 Å². The molecule has 174 valence electrons. The minimum Gasteiger partial charge on any atom is -0.352 e. The molecular weight excluding hydrogens is 460 g/mol. The van der Waals surface area contributed by atoms with Crippen LogP contribution >= 0.6 is 11.6 Å². The van der Waals surface area contributed by atoms with Crippen LogP contribution in [0.25, 0.3) is 5.69 Å². The number of hydrogen-bond donors (Lipinski definition) is 1. The molecule has 3 aromatic rings. The van der Waals surface area contributed by atoms with E-state index >= 15 is 0 Å². The zero-order valence-corrected chi connectivity index (χ0v) is 20.0. The number of carbonyl (C=O) groups excluding carboxylic acids is 1. The van der Waals surface area contributed by atoms with E-state index in [1.165, 1.54) is 4.31 Å². The average Bonchev–Trinajstić information content (AvgIpc) is 3.23. The van der Waals surface area contributed by atoms with Crippen molar-refractivity contribution in [1.29, 1.82) is 0 Å². The van der Waals surface area contributed by atoms with Gasteiger partial charge in [-0.3, -0.25) is 4.79 Å². The monoisotopic (exact) mass is 486 g/mol. The number of carbonyl (C=O) groups is 1. The molecule has 7 nitrogen and oxygen atoms in total. The molecule has 4 rings (SSSR count). The molecule has 1 fully saturated rings. The molecule has 0 spiro atoms. The Bertz CT molecular complexity index is 1220. The summed E-state index contributed by atoms with van der Waals surface area (Å²) in [6.45, 7) is 3.08. The van der Waals surface area contributed by atoms with Crippen molar-refractivity contribution in [2.45, 2.75) is 32.1 Å². The van der Waals surface area contributed by atoms with Gasteiger partial charge in [-0.2, -0.15) is 0 Å². The van der Waals surface area contributed by atoms with E-state index < -0.39 is 10.0 Å². The van der Waals surface area contributed by atoms with E-state index in [-0.39, 0.29) is 17.6 Å². The lowest BCUT2D eigenvalue weighted by Gasteiger charge is -2.30. The first-order chi connectivity index (χ1) is 15.8. The van der Waals surface area contributed by atoms with Gasteiger partial charge in [0.15, 0.2) is 0 Å². The van der Waals surface area contributed by atoms with E-state index in [1.807, 2.05) is 42.0 Å². The third kappa shape index (κ3) is 5.82. The van der Waals surface area contributed by atoms with Crippen LogP contribution in [0.4, 0.5) is 0 Å². The molecule has 33 heavy (non-hydrogen) atoms. The summed E-state index contributed by atoms with van der Waals surface area (Å²) in [5.41, 5.74) is 2.69. The van der Waals surface area contributed by atoms with Gasteiger partial charge in [0.25, 0.3) is 0 Å². The molecule has 9 heteroatoms. The number of aryl methyl sites for hydroxylation is 1. The van der Waals surface area contributed by atoms with Crippen molar-refractivity contribution in [3.8, 4) is 5.69 Å². The quantitative estimate of drug-likeness (QED) is 0.552. The second-order valence-electron chi connectivity index (χ2n) is 8.29. The highest BCUT2D eigenvalue weighted by Gasteiger charge is 2.31. The molecule has 1 N–H and O–H groups in total. The van der Waals surface area contributed by atoms with Gasteiger partial charge in [-0.1, -0.05) is 35.9 Å². The van der Waals surface area contributed by atoms with E-state index in [1.54, 1.807) is 30.5 Å². The topological polar surface area (TPSA) is 84.3 Å². The van der Waals surface area contributed by atoms with E-state index in [4.69, 9.17) is 11.6 Å². The van der Waals surface area contributed by atoms with Crippen molar-refractivity contribution in [3.63, 3.8) is 0 Å². The minimum atomic E-state index is -3.45. The Labute approximate surface area is 199 Å². The molecule has 0 atom stereocenters. The van der Waals surface area contributed by atoms with Crippen LogP contribution in [0.5, 0.6) is 0 Å². The number of nitrogens with zero attached hydrogens (tertiary/aromatic N) is 3. The average molecular weight is 487 g/mol. The fraction of sp³-hybridized carbons (Fsp3) is 0.333. The van der Waals surface area contributed by atoms with Crippen LogP contribution in [0.3, 0.4) is 0 Å². The lowest BCUT2D eigenvalue weighted by molar-refractivity contribution is -0.126. The van der Waals surface area contributed by atoms with Crippen molar-refractivity contribution in [3.05, 3.63) is 82.9 Å². The van der Waals surface area contributed by atoms with Crippen LogP contribution in [0.15, 0.2) is 60.9 Å². The number of benzene rings is 2. The second-order valence-corrected chi connectivity index (χ2v) is 10.7. The predicted octanol–water partition coefficient (Wildman–Crippen LogP) is 3.69. The van der Waals surface area contributed by atoms with Crippen LogP contribution in [0.2, 0.25) is 5.02 Å². The van der Waals surface area contributed by atoms with E-state index in [2.05, 4.69) is 10.3 Å². The van der Waals surface area contributed by atoms with Crippen LogP contribution in [-0.4, -0.2) is 41.3 Å². The Kier molecular flexibility index (Phi) is 7.17. The number of aromatic nitrogens is 2. The summed E-state index contributed by atoms with van der Waals surface area (Å²) in [5.74, 6) is 0.614. The summed E-state index contributed by atoms with van der Waals surface area (Å²) >= 11 is 5.97. The lowest BCUT2D eigenvalue weighted by Crippen LogP contribution is -2.43. The highest BCUT2D eigenvalue weighted by molar-refractivity contribution is 7.88. The third-order valence-electron chi connectivity index (χ3n) is 5.96. The third-order valence-corrected chi connectivity index (χ3v) is 8.05. The Morgan fingerprint density at radius 1 is 1.12 bits per heavy atom. The van der Waals surface area contributed by atoms with Crippen LogP contribution < -0.4 is 5.32 Å². The largest absolute Gasteiger partial charge is 0.352 e. The van der Waals surface area contributed by atoms with E-state index in [0.717, 1.165) is 17.1 Å². The first kappa shape index (κ1) is 23.5. The number of nitrogens with one attached hydrogen (secondary N) is 1. The molecule has 0 aliphatic carbocycles. The summed E-state index contributed by atoms with van der Waals surface area (Å²) < 4.78 is 29.0. The number of rotatable bonds is 7. The van der Waals surface area contributed by atoms with Crippen molar-refractivity contribution in [1.82, 2.24) is 19.2 Å². The Hall–Kier alpha value is -2.68. The maximum absolute atomic E-state index is 12.8. The van der Waals surface area contributed by atoms with Crippen molar-refractivity contribution < 1.29 is 13.2 Å². The number of halogens is 1. The SMILES string of the molecule is Cc1nccn1-c1ccc(CNC(=O)C2CCN(S(=O)(=O)Cc3cccc(Cl)c3)CC2)cc1. The summed E-state index contributed by atoms with van der Waals surface area (Å²) in [6, 6.07) is 14.9. The molecule has 1 aromatic heterocycles. The number of imidazole rings is 1. The smallest absolute Gasteiger partial charge is 0.223 e. The molecule has 0 unspecified atom stereocenters. The number of sulfonamides is 1. The van der Waals surface area contributed by atoms with Gasteiger partial charge in [0.05, 0.1) is 5.75 Å². The molecule has 2 aromatic carbocycles. The number of hydrogen-bond acceptors (Lipinski definition) is 4. The highest BCUT2D eigenvalue weighted by Crippen LogP contribution is 2.23. The summed E-state index contributed by atoms with van der Waals surface area (Å²) in [5, 5.41) is 3.51. The fourth-order valence-electron chi connectivity index (χ4n) is 4.08. The number of piperidine rings is 1. The zero-order valence-electron chi connectivity index (χ0n) is 18.4. The molecule has 2 heterocycles. The minimum absolute atomic E-state index is 0.0311. The summed E-state index contributed by atoms with van der Waals surface area (Å²) in [7, 11) is -3.45. The summed E-state index contributed by atoms with van der Waals surface area (Å²) in [6.07, 6.45) is 4.70.